The van der Waals surface area contributed by atoms with Crippen molar-refractivity contribution in [2.45, 2.75) is 25.3 Å². The lowest BCUT2D eigenvalue weighted by atomic mass is 10.2. The van der Waals surface area contributed by atoms with Gasteiger partial charge in [0.2, 0.25) is 10.0 Å². The third-order valence-electron chi connectivity index (χ3n) is 4.02. The Hall–Kier alpha value is -1.60. The fourth-order valence-electron chi connectivity index (χ4n) is 2.62. The van der Waals surface area contributed by atoms with E-state index >= 15 is 0 Å². The quantitative estimate of drug-likeness (QED) is 0.649. The molecule has 0 atom stereocenters. The molecule has 2 heterocycles. The zero-order chi connectivity index (χ0) is 18.2. The molecule has 25 heavy (non-hydrogen) atoms. The van der Waals surface area contributed by atoms with Crippen LogP contribution in [0.1, 0.15) is 18.2 Å². The monoisotopic (exact) mass is 397 g/mol. The summed E-state index contributed by atoms with van der Waals surface area (Å²) in [5.41, 5.74) is 2.21. The van der Waals surface area contributed by atoms with Gasteiger partial charge in [0.1, 0.15) is 10.5 Å². The van der Waals surface area contributed by atoms with Gasteiger partial charge in [0, 0.05) is 17.8 Å². The van der Waals surface area contributed by atoms with E-state index in [4.69, 9.17) is 23.2 Å². The van der Waals surface area contributed by atoms with Crippen molar-refractivity contribution in [3.8, 4) is 0 Å². The summed E-state index contributed by atoms with van der Waals surface area (Å²) in [4.78, 5) is 4.36. The topological polar surface area (TPSA) is 54.7 Å². The van der Waals surface area contributed by atoms with Crippen LogP contribution in [-0.4, -0.2) is 28.7 Å². The predicted octanol–water partition coefficient (Wildman–Crippen LogP) is 4.16. The van der Waals surface area contributed by atoms with Gasteiger partial charge in [-0.3, -0.25) is 0 Å². The molecule has 0 N–H and O–H groups in total. The molecular formula is C17H17Cl2N3O2S. The van der Waals surface area contributed by atoms with Gasteiger partial charge < -0.3 is 4.40 Å². The first kappa shape index (κ1) is 18.2. The number of halogens is 2. The van der Waals surface area contributed by atoms with Crippen molar-refractivity contribution < 1.29 is 8.42 Å². The molecule has 1 aromatic carbocycles. The Morgan fingerprint density at radius 1 is 1.20 bits per heavy atom. The Morgan fingerprint density at radius 2 is 1.96 bits per heavy atom. The molecule has 0 radical (unpaired) electrons. The van der Waals surface area contributed by atoms with E-state index in [1.165, 1.54) is 16.4 Å². The Morgan fingerprint density at radius 3 is 2.68 bits per heavy atom. The zero-order valence-corrected chi connectivity index (χ0v) is 16.1. The molecule has 0 spiro atoms. The minimum absolute atomic E-state index is 0.0618. The zero-order valence-electron chi connectivity index (χ0n) is 13.8. The van der Waals surface area contributed by atoms with Gasteiger partial charge >= 0.3 is 0 Å². The van der Waals surface area contributed by atoms with E-state index in [2.05, 4.69) is 4.98 Å². The number of hydrogen-bond donors (Lipinski definition) is 0. The van der Waals surface area contributed by atoms with E-state index < -0.39 is 10.0 Å². The van der Waals surface area contributed by atoms with Crippen molar-refractivity contribution in [1.82, 2.24) is 13.7 Å². The van der Waals surface area contributed by atoms with Crippen LogP contribution in [0.3, 0.4) is 0 Å². The van der Waals surface area contributed by atoms with E-state index in [9.17, 15) is 8.42 Å². The first-order valence-electron chi connectivity index (χ1n) is 7.71. The molecule has 0 aliphatic rings. The molecule has 0 saturated carbocycles. The number of fused-ring (bicyclic) bond motifs is 1. The molecule has 0 bridgehead atoms. The summed E-state index contributed by atoms with van der Waals surface area (Å²) in [5.74, 6) is 0. The highest BCUT2D eigenvalue weighted by Gasteiger charge is 2.27. The van der Waals surface area contributed by atoms with Crippen LogP contribution in [0.25, 0.3) is 5.65 Å². The number of benzene rings is 1. The van der Waals surface area contributed by atoms with Crippen molar-refractivity contribution in [2.75, 3.05) is 6.54 Å². The van der Waals surface area contributed by atoms with Crippen molar-refractivity contribution in [3.05, 3.63) is 64.0 Å². The van der Waals surface area contributed by atoms with Gasteiger partial charge in [0.25, 0.3) is 0 Å². The average Bonchev–Trinajstić information content (AvgIpc) is 2.98. The van der Waals surface area contributed by atoms with Gasteiger partial charge in [-0.05, 0) is 36.8 Å². The van der Waals surface area contributed by atoms with Gasteiger partial charge in [-0.2, -0.15) is 4.31 Å². The molecule has 5 nitrogen and oxygen atoms in total. The van der Waals surface area contributed by atoms with Gasteiger partial charge in [0.05, 0.1) is 23.5 Å². The van der Waals surface area contributed by atoms with Crippen LogP contribution in [0, 0.1) is 6.92 Å². The molecule has 0 fully saturated rings. The maximum Gasteiger partial charge on any atom is 0.244 e. The molecule has 3 aromatic rings. The largest absolute Gasteiger partial charge is 0.303 e. The van der Waals surface area contributed by atoms with Crippen LogP contribution in [0.2, 0.25) is 10.0 Å². The van der Waals surface area contributed by atoms with Crippen molar-refractivity contribution >= 4 is 38.9 Å². The number of nitrogens with zero attached hydrogens (tertiary/aromatic N) is 3. The third-order valence-corrected chi connectivity index (χ3v) is 6.81. The van der Waals surface area contributed by atoms with Crippen molar-refractivity contribution in [2.24, 2.45) is 0 Å². The van der Waals surface area contributed by atoms with Crippen LogP contribution in [0.15, 0.2) is 47.6 Å². The van der Waals surface area contributed by atoms with E-state index in [-0.39, 0.29) is 16.5 Å². The third kappa shape index (κ3) is 3.40. The van der Waals surface area contributed by atoms with Crippen molar-refractivity contribution in [3.63, 3.8) is 0 Å². The summed E-state index contributed by atoms with van der Waals surface area (Å²) in [6.45, 7) is 4.04. The summed E-state index contributed by atoms with van der Waals surface area (Å²) >= 11 is 12.2. The van der Waals surface area contributed by atoms with Gasteiger partial charge in [-0.1, -0.05) is 36.2 Å². The Balaban J connectivity index is 2.01. The van der Waals surface area contributed by atoms with Crippen LogP contribution in [-0.2, 0) is 16.6 Å². The van der Waals surface area contributed by atoms with Crippen LogP contribution >= 0.6 is 23.2 Å². The molecular weight excluding hydrogens is 381 g/mol. The summed E-state index contributed by atoms with van der Waals surface area (Å²) < 4.78 is 29.4. The molecule has 0 amide bonds. The second-order valence-electron chi connectivity index (χ2n) is 5.64. The van der Waals surface area contributed by atoms with Gasteiger partial charge in [-0.15, -0.1) is 0 Å². The van der Waals surface area contributed by atoms with Crippen molar-refractivity contribution in [1.29, 1.82) is 0 Å². The number of pyridine rings is 1. The molecule has 0 saturated heterocycles. The number of hydrogen-bond acceptors (Lipinski definition) is 3. The van der Waals surface area contributed by atoms with E-state index in [1.54, 1.807) is 20.0 Å². The summed E-state index contributed by atoms with van der Waals surface area (Å²) in [6.07, 6.45) is 3.54. The molecule has 2 aromatic heterocycles. The first-order chi connectivity index (χ1) is 11.8. The smallest absolute Gasteiger partial charge is 0.244 e. The maximum absolute atomic E-state index is 13.1. The predicted molar refractivity (Wildman–Crippen MR) is 99.7 cm³/mol. The molecule has 0 aliphatic heterocycles. The number of aryl methyl sites for hydroxylation is 1. The van der Waals surface area contributed by atoms with Gasteiger partial charge in [-0.25, -0.2) is 13.4 Å². The lowest BCUT2D eigenvalue weighted by Gasteiger charge is -2.21. The number of sulfonamides is 1. The number of aromatic nitrogens is 2. The molecule has 3 rings (SSSR count). The highest BCUT2D eigenvalue weighted by molar-refractivity contribution is 7.89. The standard InChI is InChI=1S/C17H17Cl2N3O2S/c1-3-21(11-13-10-20-17-6-4-5-7-22(13)17)25(23,24)16-8-12(2)14(18)9-15(16)19/h4-10H,3,11H2,1-2H3. The van der Waals surface area contributed by atoms with Gasteiger partial charge in [0.15, 0.2) is 0 Å². The number of imidazole rings is 1. The molecule has 132 valence electrons. The summed E-state index contributed by atoms with van der Waals surface area (Å²) in [7, 11) is -3.76. The Labute approximate surface area is 156 Å². The summed E-state index contributed by atoms with van der Waals surface area (Å²) in [5, 5.41) is 0.556. The minimum atomic E-state index is -3.76. The second-order valence-corrected chi connectivity index (χ2v) is 8.36. The van der Waals surface area contributed by atoms with Crippen LogP contribution < -0.4 is 0 Å². The number of rotatable bonds is 5. The first-order valence-corrected chi connectivity index (χ1v) is 9.91. The Kier molecular flexibility index (Phi) is 5.06. The molecule has 0 aliphatic carbocycles. The average molecular weight is 398 g/mol. The van der Waals surface area contributed by atoms with Crippen LogP contribution in [0.5, 0.6) is 0 Å². The second kappa shape index (κ2) is 6.96. The van der Waals surface area contributed by atoms with E-state index in [1.807, 2.05) is 28.8 Å². The van der Waals surface area contributed by atoms with Crippen LogP contribution in [0.4, 0.5) is 0 Å². The fourth-order valence-corrected chi connectivity index (χ4v) is 4.84. The highest BCUT2D eigenvalue weighted by atomic mass is 35.5. The van der Waals surface area contributed by atoms with E-state index in [0.29, 0.717) is 17.1 Å². The normalized spacial score (nSPS) is 12.2. The lowest BCUT2D eigenvalue weighted by Crippen LogP contribution is -2.31. The SMILES string of the molecule is CCN(Cc1cnc2ccccn12)S(=O)(=O)c1cc(C)c(Cl)cc1Cl. The Bertz CT molecular complexity index is 1030. The highest BCUT2D eigenvalue weighted by Crippen LogP contribution is 2.30. The lowest BCUT2D eigenvalue weighted by molar-refractivity contribution is 0.418. The van der Waals surface area contributed by atoms with E-state index in [0.717, 1.165) is 11.3 Å². The molecule has 8 heteroatoms. The fraction of sp³-hybridized carbons (Fsp3) is 0.235. The maximum atomic E-state index is 13.1. The molecule has 0 unspecified atom stereocenters. The summed E-state index contributed by atoms with van der Waals surface area (Å²) in [6, 6.07) is 8.61. The minimum Gasteiger partial charge on any atom is -0.303 e.